The number of hydrogen-bond donors (Lipinski definition) is 0. The molecule has 0 fully saturated rings. The van der Waals surface area contributed by atoms with Crippen LogP contribution in [0.5, 0.6) is 0 Å². The Kier molecular flexibility index (Phi) is 11.8. The number of hydrogen-bond acceptors (Lipinski definition) is 0. The topological polar surface area (TPSA) is 0 Å². The summed E-state index contributed by atoms with van der Waals surface area (Å²) in [6.07, 6.45) is 0. The van der Waals surface area contributed by atoms with E-state index in [4.69, 9.17) is 17.0 Å². The van der Waals surface area contributed by atoms with E-state index < -0.39 is 26.2 Å². The first-order valence-corrected chi connectivity index (χ1v) is 32.2. The SMILES string of the molecule is Cc1cc(-c2cccc3ccccc23)c(C)[cH-]1.Cc1cc(-c2cccc3ccccc23)c(C)[cH-]1.[CH3][Ge]([c]1ccccc1)=[Zr]([Cl])[Cl]. The Morgan fingerprint density at radius 2 is 0.889 bits per heavy atom. The number of halogens is 2. The Labute approximate surface area is 284 Å². The van der Waals surface area contributed by atoms with Gasteiger partial charge < -0.3 is 0 Å². The van der Waals surface area contributed by atoms with Gasteiger partial charge in [-0.05, 0) is 21.5 Å². The average Bonchev–Trinajstić information content (AvgIpc) is 3.58. The summed E-state index contributed by atoms with van der Waals surface area (Å²) in [5.41, 5.74) is 10.8. The van der Waals surface area contributed by atoms with E-state index in [9.17, 15) is 0 Å². The standard InChI is InChI=1S/2C17H15.C7H8Ge.2ClH.Zr/c2*1-12-10-13(2)17(11-12)16-9-5-7-14-6-3-4-8-15(14)16;1-8-7-5-3-2-4-6-7;;;/h2*3-11H,1-2H3;2-6H,1H3;2*1H;/q2*-1;;;;+2/p-2. The van der Waals surface area contributed by atoms with Crippen molar-refractivity contribution in [2.45, 2.75) is 33.5 Å². The normalized spacial score (nSPS) is 10.6. The molecular weight excluding hydrogens is 727 g/mol. The van der Waals surface area contributed by atoms with Gasteiger partial charge in [-0.2, -0.15) is 45.5 Å². The van der Waals surface area contributed by atoms with Gasteiger partial charge in [0.25, 0.3) is 0 Å². The molecule has 7 rings (SSSR count). The van der Waals surface area contributed by atoms with Gasteiger partial charge in [-0.1, -0.05) is 124 Å². The van der Waals surface area contributed by atoms with E-state index in [1.54, 1.807) is 0 Å². The molecule has 0 aliphatic rings. The van der Waals surface area contributed by atoms with Crippen molar-refractivity contribution in [3.8, 4) is 22.3 Å². The van der Waals surface area contributed by atoms with E-state index in [2.05, 4.69) is 167 Å². The van der Waals surface area contributed by atoms with Crippen molar-refractivity contribution < 1.29 is 16.2 Å². The van der Waals surface area contributed by atoms with Crippen molar-refractivity contribution in [1.29, 1.82) is 0 Å². The second-order valence-corrected chi connectivity index (χ2v) is 45.9. The molecule has 0 aromatic heterocycles. The van der Waals surface area contributed by atoms with Crippen molar-refractivity contribution in [1.82, 2.24) is 0 Å². The van der Waals surface area contributed by atoms with Gasteiger partial charge in [0.2, 0.25) is 0 Å². The Morgan fingerprint density at radius 3 is 1.29 bits per heavy atom. The molecule has 0 atom stereocenters. The van der Waals surface area contributed by atoms with Crippen LogP contribution < -0.4 is 4.40 Å². The molecule has 0 aliphatic heterocycles. The first-order chi connectivity index (χ1) is 21.7. The van der Waals surface area contributed by atoms with Crippen LogP contribution in [0.1, 0.15) is 22.3 Å². The van der Waals surface area contributed by atoms with E-state index in [1.807, 2.05) is 6.07 Å². The third-order valence-electron chi connectivity index (χ3n) is 8.13. The van der Waals surface area contributed by atoms with Crippen molar-refractivity contribution in [2.75, 3.05) is 0 Å². The Balaban J connectivity index is 0.000000137. The monoisotopic (exact) mass is 764 g/mol. The predicted molar refractivity (Wildman–Crippen MR) is 198 cm³/mol. The zero-order valence-electron chi connectivity index (χ0n) is 26.5. The van der Waals surface area contributed by atoms with E-state index in [0.29, 0.717) is 0 Å². The van der Waals surface area contributed by atoms with Crippen LogP contribution in [-0.4, -0.2) is 9.98 Å². The third kappa shape index (κ3) is 8.38. The van der Waals surface area contributed by atoms with Crippen LogP contribution in [0.4, 0.5) is 0 Å². The molecule has 0 amide bonds. The average molecular weight is 765 g/mol. The maximum atomic E-state index is 6.00. The minimum absolute atomic E-state index is 1.17. The quantitative estimate of drug-likeness (QED) is 0.124. The molecule has 0 aliphatic carbocycles. The van der Waals surface area contributed by atoms with Gasteiger partial charge in [0.15, 0.2) is 0 Å². The molecule has 0 radical (unpaired) electrons. The van der Waals surface area contributed by atoms with E-state index in [-0.39, 0.29) is 0 Å². The van der Waals surface area contributed by atoms with E-state index in [1.165, 1.54) is 70.4 Å². The molecule has 0 N–H and O–H groups in total. The molecule has 0 saturated heterocycles. The van der Waals surface area contributed by atoms with Crippen molar-refractivity contribution in [2.24, 2.45) is 0 Å². The molecule has 0 saturated carbocycles. The molecule has 7 aromatic rings. The first kappa shape index (κ1) is 33.7. The van der Waals surface area contributed by atoms with Crippen LogP contribution in [0.25, 0.3) is 43.8 Å². The zero-order valence-corrected chi connectivity index (χ0v) is 32.6. The molecule has 0 spiro atoms. The Hall–Kier alpha value is -2.67. The van der Waals surface area contributed by atoms with Crippen LogP contribution in [0.15, 0.2) is 140 Å². The summed E-state index contributed by atoms with van der Waals surface area (Å²) in [6.45, 7) is 8.68. The second-order valence-electron chi connectivity index (χ2n) is 11.6. The summed E-state index contributed by atoms with van der Waals surface area (Å²) in [4.78, 5) is 0. The van der Waals surface area contributed by atoms with Crippen LogP contribution >= 0.6 is 17.0 Å². The van der Waals surface area contributed by atoms with Gasteiger partial charge in [0.1, 0.15) is 0 Å². The Morgan fingerprint density at radius 1 is 0.489 bits per heavy atom. The van der Waals surface area contributed by atoms with Crippen LogP contribution in [0.3, 0.4) is 0 Å². The molecule has 226 valence electrons. The van der Waals surface area contributed by atoms with Crippen molar-refractivity contribution in [3.63, 3.8) is 0 Å². The fourth-order valence-electron chi connectivity index (χ4n) is 5.90. The molecule has 45 heavy (non-hydrogen) atoms. The van der Waals surface area contributed by atoms with Crippen LogP contribution in [0, 0.1) is 27.7 Å². The number of rotatable bonds is 3. The Bertz CT molecular complexity index is 1950. The number of benzene rings is 5. The predicted octanol–water partition coefficient (Wildman–Crippen LogP) is 12.1. The molecular formula is C41H38Cl2GeZr-2. The minimum atomic E-state index is -1.89. The molecule has 0 bridgehead atoms. The fraction of sp³-hybridized carbons (Fsp3) is 0.122. The molecule has 0 unspecified atom stereocenters. The number of fused-ring (bicyclic) bond motifs is 2. The summed E-state index contributed by atoms with van der Waals surface area (Å²) < 4.78 is 1.44. The molecule has 7 aromatic carbocycles. The summed E-state index contributed by atoms with van der Waals surface area (Å²) in [5.74, 6) is 2.27. The first-order valence-electron chi connectivity index (χ1n) is 15.2. The van der Waals surface area contributed by atoms with Crippen molar-refractivity contribution >= 4 is 52.9 Å². The fourth-order valence-corrected chi connectivity index (χ4v) is 19.4. The second kappa shape index (κ2) is 15.7. The van der Waals surface area contributed by atoms with Gasteiger partial charge in [-0.25, -0.2) is 12.1 Å². The maximum absolute atomic E-state index is 6.00. The third-order valence-corrected chi connectivity index (χ3v) is 40.2. The van der Waals surface area contributed by atoms with E-state index >= 15 is 0 Å². The van der Waals surface area contributed by atoms with Gasteiger partial charge in [-0.15, -0.1) is 0 Å². The summed E-state index contributed by atoms with van der Waals surface area (Å²) in [5, 5.41) is 5.29. The van der Waals surface area contributed by atoms with Crippen LogP contribution in [-0.2, 0) is 16.2 Å². The summed E-state index contributed by atoms with van der Waals surface area (Å²) in [7, 11) is 10.8. The van der Waals surface area contributed by atoms with Gasteiger partial charge >= 0.3 is 83.7 Å². The summed E-state index contributed by atoms with van der Waals surface area (Å²) >= 11 is -1.89. The molecule has 0 nitrogen and oxygen atoms in total. The number of aryl methyl sites for hydroxylation is 4. The summed E-state index contributed by atoms with van der Waals surface area (Å²) in [6, 6.07) is 49.7. The van der Waals surface area contributed by atoms with E-state index in [0.717, 1.165) is 0 Å². The molecule has 4 heteroatoms. The molecule has 0 heterocycles. The van der Waals surface area contributed by atoms with Crippen LogP contribution in [0.2, 0.25) is 5.76 Å². The van der Waals surface area contributed by atoms with Gasteiger partial charge in [-0.3, -0.25) is 0 Å². The van der Waals surface area contributed by atoms with Gasteiger partial charge in [0.05, 0.1) is 0 Å². The van der Waals surface area contributed by atoms with Gasteiger partial charge in [0, 0.05) is 0 Å². The zero-order chi connectivity index (χ0) is 31.9. The van der Waals surface area contributed by atoms with Crippen molar-refractivity contribution in [3.05, 3.63) is 162 Å².